The second kappa shape index (κ2) is 3.33. The van der Waals surface area contributed by atoms with Crippen LogP contribution < -0.4 is 0 Å². The topological polar surface area (TPSA) is 0 Å². The molecule has 11 heavy (non-hydrogen) atoms. The molecule has 0 amide bonds. The maximum Gasteiger partial charge on any atom is 0.126 e. The third kappa shape index (κ3) is 1.90. The van der Waals surface area contributed by atoms with Gasteiger partial charge < -0.3 is 0 Å². The number of benzene rings is 1. The predicted molar refractivity (Wildman–Crippen MR) is 45.0 cm³/mol. The van der Waals surface area contributed by atoms with Crippen molar-refractivity contribution in [2.24, 2.45) is 0 Å². The fraction of sp³-hybridized carbons (Fsp3) is 0.200. The van der Waals surface area contributed by atoms with Gasteiger partial charge in [-0.2, -0.15) is 0 Å². The van der Waals surface area contributed by atoms with E-state index in [1.165, 1.54) is 0 Å². The molecule has 0 bridgehead atoms. The highest BCUT2D eigenvalue weighted by Gasteiger charge is 1.96. The molecule has 0 aliphatic carbocycles. The van der Waals surface area contributed by atoms with Gasteiger partial charge in [-0.15, -0.1) is 6.58 Å². The summed E-state index contributed by atoms with van der Waals surface area (Å²) in [5.41, 5.74) is 1.67. The number of hydrogen-bond donors (Lipinski definition) is 0. The molecule has 58 valence electrons. The zero-order valence-corrected chi connectivity index (χ0v) is 6.60. The molecule has 0 nitrogen and oxygen atoms in total. The Balaban J connectivity index is 2.95. The summed E-state index contributed by atoms with van der Waals surface area (Å²) in [6.45, 7) is 5.34. The summed E-state index contributed by atoms with van der Waals surface area (Å²) in [6.07, 6.45) is 2.50. The molecule has 0 heterocycles. The number of hydrogen-bond acceptors (Lipinski definition) is 0. The molecule has 0 saturated carbocycles. The summed E-state index contributed by atoms with van der Waals surface area (Å²) in [7, 11) is 0. The van der Waals surface area contributed by atoms with Crippen LogP contribution in [0.4, 0.5) is 4.39 Å². The van der Waals surface area contributed by atoms with Gasteiger partial charge in [0, 0.05) is 0 Å². The summed E-state index contributed by atoms with van der Waals surface area (Å²) >= 11 is 0. The molecule has 1 aromatic carbocycles. The van der Waals surface area contributed by atoms with Crippen LogP contribution >= 0.6 is 0 Å². The zero-order chi connectivity index (χ0) is 8.27. The lowest BCUT2D eigenvalue weighted by Gasteiger charge is -1.98. The average molecular weight is 150 g/mol. The lowest BCUT2D eigenvalue weighted by Crippen LogP contribution is -1.86. The molecular weight excluding hydrogens is 139 g/mol. The van der Waals surface area contributed by atoms with Crippen LogP contribution in [-0.4, -0.2) is 0 Å². The highest BCUT2D eigenvalue weighted by atomic mass is 19.1. The molecule has 0 unspecified atom stereocenters. The Bertz CT molecular complexity index is 264. The van der Waals surface area contributed by atoms with Crippen molar-refractivity contribution in [3.63, 3.8) is 0 Å². The molecule has 0 N–H and O–H groups in total. The Hall–Kier alpha value is -1.11. The lowest BCUT2D eigenvalue weighted by molar-refractivity contribution is 0.617. The summed E-state index contributed by atoms with van der Waals surface area (Å²) in [5.74, 6) is -0.135. The van der Waals surface area contributed by atoms with E-state index in [0.717, 1.165) is 12.0 Å². The molecule has 0 aliphatic heterocycles. The van der Waals surface area contributed by atoms with Crippen molar-refractivity contribution in [3.8, 4) is 0 Å². The molecule has 1 heteroatoms. The Labute approximate surface area is 66.4 Å². The lowest BCUT2D eigenvalue weighted by atomic mass is 10.1. The molecule has 0 atom stereocenters. The van der Waals surface area contributed by atoms with Crippen molar-refractivity contribution >= 4 is 0 Å². The first kappa shape index (κ1) is 7.99. The summed E-state index contributed by atoms with van der Waals surface area (Å²) < 4.78 is 12.9. The molecular formula is C10H11F. The second-order valence-electron chi connectivity index (χ2n) is 2.58. The minimum Gasteiger partial charge on any atom is -0.207 e. The molecule has 0 fully saturated rings. The maximum atomic E-state index is 12.9. The van der Waals surface area contributed by atoms with E-state index < -0.39 is 0 Å². The molecule has 0 spiro atoms. The molecule has 0 radical (unpaired) electrons. The van der Waals surface area contributed by atoms with Crippen molar-refractivity contribution in [1.82, 2.24) is 0 Å². The van der Waals surface area contributed by atoms with Gasteiger partial charge in [0.25, 0.3) is 0 Å². The van der Waals surface area contributed by atoms with Crippen molar-refractivity contribution < 1.29 is 4.39 Å². The van der Waals surface area contributed by atoms with Gasteiger partial charge in [0.2, 0.25) is 0 Å². The number of halogens is 1. The van der Waals surface area contributed by atoms with Gasteiger partial charge in [-0.3, -0.25) is 0 Å². The smallest absolute Gasteiger partial charge is 0.126 e. The Morgan fingerprint density at radius 1 is 1.55 bits per heavy atom. The van der Waals surface area contributed by atoms with Crippen LogP contribution in [0.3, 0.4) is 0 Å². The minimum atomic E-state index is -0.135. The van der Waals surface area contributed by atoms with E-state index in [1.807, 2.05) is 6.07 Å². The van der Waals surface area contributed by atoms with E-state index in [2.05, 4.69) is 6.58 Å². The Kier molecular flexibility index (Phi) is 2.42. The minimum absolute atomic E-state index is 0.135. The van der Waals surface area contributed by atoms with E-state index >= 15 is 0 Å². The predicted octanol–water partition coefficient (Wildman–Crippen LogP) is 2.86. The molecule has 0 saturated heterocycles. The quantitative estimate of drug-likeness (QED) is 0.569. The van der Waals surface area contributed by atoms with Crippen LogP contribution in [0.15, 0.2) is 30.9 Å². The zero-order valence-electron chi connectivity index (χ0n) is 6.60. The van der Waals surface area contributed by atoms with Gasteiger partial charge in [-0.25, -0.2) is 4.39 Å². The number of aryl methyl sites for hydroxylation is 1. The van der Waals surface area contributed by atoms with E-state index in [0.29, 0.717) is 5.56 Å². The third-order valence-corrected chi connectivity index (χ3v) is 1.62. The number of rotatable bonds is 2. The fourth-order valence-corrected chi connectivity index (χ4v) is 0.930. The highest BCUT2D eigenvalue weighted by Crippen LogP contribution is 2.09. The summed E-state index contributed by atoms with van der Waals surface area (Å²) in [4.78, 5) is 0. The first-order valence-electron chi connectivity index (χ1n) is 3.60. The van der Waals surface area contributed by atoms with E-state index in [9.17, 15) is 4.39 Å². The van der Waals surface area contributed by atoms with Crippen molar-refractivity contribution in [1.29, 1.82) is 0 Å². The largest absolute Gasteiger partial charge is 0.207 e. The van der Waals surface area contributed by atoms with Crippen molar-refractivity contribution in [2.45, 2.75) is 13.3 Å². The standard InChI is InChI=1S/C10H11F/c1-3-4-9-6-5-8(2)10(11)7-9/h3,5-7H,1,4H2,2H3. The third-order valence-electron chi connectivity index (χ3n) is 1.62. The normalized spacial score (nSPS) is 9.64. The van der Waals surface area contributed by atoms with Crippen LogP contribution in [0, 0.1) is 12.7 Å². The first-order chi connectivity index (χ1) is 5.24. The van der Waals surface area contributed by atoms with E-state index in [4.69, 9.17) is 0 Å². The van der Waals surface area contributed by atoms with Crippen LogP contribution in [0.5, 0.6) is 0 Å². The van der Waals surface area contributed by atoms with E-state index in [-0.39, 0.29) is 5.82 Å². The number of allylic oxidation sites excluding steroid dienone is 1. The first-order valence-corrected chi connectivity index (χ1v) is 3.60. The Morgan fingerprint density at radius 3 is 2.82 bits per heavy atom. The van der Waals surface area contributed by atoms with Crippen molar-refractivity contribution in [2.75, 3.05) is 0 Å². The van der Waals surface area contributed by atoms with Gasteiger partial charge in [0.05, 0.1) is 0 Å². The van der Waals surface area contributed by atoms with Crippen LogP contribution in [-0.2, 0) is 6.42 Å². The van der Waals surface area contributed by atoms with Crippen LogP contribution in [0.25, 0.3) is 0 Å². The van der Waals surface area contributed by atoms with Gasteiger partial charge in [0.1, 0.15) is 5.82 Å². The highest BCUT2D eigenvalue weighted by molar-refractivity contribution is 5.24. The van der Waals surface area contributed by atoms with E-state index in [1.54, 1.807) is 25.1 Å². The van der Waals surface area contributed by atoms with Crippen LogP contribution in [0.2, 0.25) is 0 Å². The summed E-state index contributed by atoms with van der Waals surface area (Å²) in [6, 6.07) is 5.26. The van der Waals surface area contributed by atoms with Gasteiger partial charge >= 0.3 is 0 Å². The van der Waals surface area contributed by atoms with Crippen LogP contribution in [0.1, 0.15) is 11.1 Å². The molecule has 1 rings (SSSR count). The second-order valence-corrected chi connectivity index (χ2v) is 2.58. The Morgan fingerprint density at radius 2 is 2.27 bits per heavy atom. The SMILES string of the molecule is C=CCc1ccc(C)c(F)c1. The average Bonchev–Trinajstić information content (AvgIpc) is 1.98. The fourth-order valence-electron chi connectivity index (χ4n) is 0.930. The van der Waals surface area contributed by atoms with Crippen molar-refractivity contribution in [3.05, 3.63) is 47.8 Å². The van der Waals surface area contributed by atoms with Gasteiger partial charge in [-0.1, -0.05) is 18.2 Å². The molecule has 0 aromatic heterocycles. The van der Waals surface area contributed by atoms with Gasteiger partial charge in [0.15, 0.2) is 0 Å². The molecule has 1 aromatic rings. The molecule has 0 aliphatic rings. The maximum absolute atomic E-state index is 12.9. The van der Waals surface area contributed by atoms with Gasteiger partial charge in [-0.05, 0) is 30.5 Å². The monoisotopic (exact) mass is 150 g/mol. The summed E-state index contributed by atoms with van der Waals surface area (Å²) in [5, 5.41) is 0.